The Morgan fingerprint density at radius 3 is 2.75 bits per heavy atom. The zero-order valence-electron chi connectivity index (χ0n) is 14.3. The van der Waals surface area contributed by atoms with Gasteiger partial charge in [0.25, 0.3) is 0 Å². The van der Waals surface area contributed by atoms with E-state index >= 15 is 0 Å². The minimum absolute atomic E-state index is 0. The number of rotatable bonds is 5. The monoisotopic (exact) mass is 373 g/mol. The third kappa shape index (κ3) is 5.10. The van der Waals surface area contributed by atoms with Gasteiger partial charge < -0.3 is 15.2 Å². The molecule has 1 amide bonds. The van der Waals surface area contributed by atoms with E-state index in [1.807, 2.05) is 7.05 Å². The highest BCUT2D eigenvalue weighted by Crippen LogP contribution is 2.25. The normalized spacial score (nSPS) is 22.0. The molecule has 2 fully saturated rings. The zero-order valence-corrected chi connectivity index (χ0v) is 15.9. The molecule has 0 aromatic carbocycles. The van der Waals surface area contributed by atoms with E-state index in [9.17, 15) is 4.79 Å². The van der Waals surface area contributed by atoms with Crippen LogP contribution in [0, 0.1) is 0 Å². The Labute approximate surface area is 154 Å². The van der Waals surface area contributed by atoms with Crippen molar-refractivity contribution >= 4 is 30.1 Å². The number of hydrogen-bond donors (Lipinski definition) is 2. The van der Waals surface area contributed by atoms with E-state index in [-0.39, 0.29) is 18.3 Å². The molecule has 0 bridgehead atoms. The number of amides is 1. The van der Waals surface area contributed by atoms with Gasteiger partial charge in [0.1, 0.15) is 5.82 Å². The number of carbonyl (C=O) groups excluding carboxylic acids is 1. The van der Waals surface area contributed by atoms with Gasteiger partial charge in [-0.2, -0.15) is 0 Å². The minimum atomic E-state index is 0. The molecule has 1 aromatic rings. The van der Waals surface area contributed by atoms with Crippen LogP contribution < -0.4 is 10.6 Å². The Morgan fingerprint density at radius 1 is 1.25 bits per heavy atom. The van der Waals surface area contributed by atoms with Gasteiger partial charge in [-0.05, 0) is 32.2 Å². The second kappa shape index (κ2) is 9.63. The first-order chi connectivity index (χ1) is 11.2. The van der Waals surface area contributed by atoms with E-state index in [0.29, 0.717) is 17.7 Å². The van der Waals surface area contributed by atoms with Crippen LogP contribution in [-0.4, -0.2) is 45.6 Å². The maximum absolute atomic E-state index is 12.1. The Balaban J connectivity index is 0.00000208. The number of hydrogen-bond acceptors (Lipinski definition) is 5. The van der Waals surface area contributed by atoms with Crippen molar-refractivity contribution in [1.29, 1.82) is 0 Å². The van der Waals surface area contributed by atoms with Crippen molar-refractivity contribution in [3.8, 4) is 0 Å². The number of carbonyl (C=O) groups is 1. The quantitative estimate of drug-likeness (QED) is 0.774. The Kier molecular flexibility index (Phi) is 7.84. The van der Waals surface area contributed by atoms with Gasteiger partial charge >= 0.3 is 0 Å². The second-order valence-electron chi connectivity index (χ2n) is 6.63. The summed E-state index contributed by atoms with van der Waals surface area (Å²) in [6, 6.07) is 0.375. The standard InChI is InChI=1S/C16H27N5OS.ClH/c1-21-15(12-6-5-9-17-10-12)19-20-16(21)23-11-14(22)18-13-7-3-2-4-8-13;/h12-13,17H,2-11H2,1H3,(H,18,22);1H. The maximum Gasteiger partial charge on any atom is 0.230 e. The van der Waals surface area contributed by atoms with Crippen LogP contribution >= 0.6 is 24.2 Å². The molecule has 6 nitrogen and oxygen atoms in total. The average molecular weight is 374 g/mol. The van der Waals surface area contributed by atoms with Crippen LogP contribution in [0.3, 0.4) is 0 Å². The van der Waals surface area contributed by atoms with E-state index in [1.54, 1.807) is 0 Å². The molecule has 1 aromatic heterocycles. The van der Waals surface area contributed by atoms with Crippen molar-refractivity contribution < 1.29 is 4.79 Å². The first kappa shape index (κ1) is 19.5. The molecule has 0 radical (unpaired) electrons. The predicted octanol–water partition coefficient (Wildman–Crippen LogP) is 2.24. The van der Waals surface area contributed by atoms with Crippen LogP contribution in [-0.2, 0) is 11.8 Å². The summed E-state index contributed by atoms with van der Waals surface area (Å²) in [5.74, 6) is 2.01. The lowest BCUT2D eigenvalue weighted by molar-refractivity contribution is -0.119. The molecule has 1 unspecified atom stereocenters. The first-order valence-electron chi connectivity index (χ1n) is 8.76. The lowest BCUT2D eigenvalue weighted by Crippen LogP contribution is -2.37. The fourth-order valence-electron chi connectivity index (χ4n) is 3.53. The summed E-state index contributed by atoms with van der Waals surface area (Å²) in [5, 5.41) is 16.0. The Morgan fingerprint density at radius 2 is 2.04 bits per heavy atom. The maximum atomic E-state index is 12.1. The average Bonchev–Trinajstić information content (AvgIpc) is 2.95. The number of thioether (sulfide) groups is 1. The molecule has 1 atom stereocenters. The van der Waals surface area contributed by atoms with Crippen molar-refractivity contribution in [3.05, 3.63) is 5.82 Å². The molecule has 1 aliphatic carbocycles. The molecule has 2 aliphatic rings. The molecule has 2 N–H and O–H groups in total. The van der Waals surface area contributed by atoms with Crippen molar-refractivity contribution in [2.75, 3.05) is 18.8 Å². The molecule has 0 spiro atoms. The smallest absolute Gasteiger partial charge is 0.230 e. The van der Waals surface area contributed by atoms with Gasteiger partial charge in [0, 0.05) is 25.6 Å². The fourth-order valence-corrected chi connectivity index (χ4v) is 4.26. The minimum Gasteiger partial charge on any atom is -0.353 e. The van der Waals surface area contributed by atoms with Gasteiger partial charge in [-0.3, -0.25) is 4.79 Å². The van der Waals surface area contributed by atoms with E-state index in [1.165, 1.54) is 37.4 Å². The molecule has 2 heterocycles. The lowest BCUT2D eigenvalue weighted by atomic mass is 9.95. The lowest BCUT2D eigenvalue weighted by Gasteiger charge is -2.22. The van der Waals surface area contributed by atoms with Crippen molar-refractivity contribution in [1.82, 2.24) is 25.4 Å². The highest BCUT2D eigenvalue weighted by atomic mass is 35.5. The van der Waals surface area contributed by atoms with Crippen LogP contribution in [0.2, 0.25) is 0 Å². The summed E-state index contributed by atoms with van der Waals surface area (Å²) < 4.78 is 2.05. The molecule has 1 saturated heterocycles. The Hall–Kier alpha value is -0.790. The topological polar surface area (TPSA) is 71.8 Å². The molecular weight excluding hydrogens is 346 g/mol. The summed E-state index contributed by atoms with van der Waals surface area (Å²) in [6.07, 6.45) is 8.37. The summed E-state index contributed by atoms with van der Waals surface area (Å²) in [6.45, 7) is 2.07. The van der Waals surface area contributed by atoms with Gasteiger partial charge in [-0.25, -0.2) is 0 Å². The van der Waals surface area contributed by atoms with Crippen molar-refractivity contribution in [2.45, 2.75) is 62.1 Å². The molecule has 3 rings (SSSR count). The van der Waals surface area contributed by atoms with E-state index in [2.05, 4.69) is 25.4 Å². The van der Waals surface area contributed by atoms with Crippen LogP contribution in [0.1, 0.15) is 56.7 Å². The summed E-state index contributed by atoms with van der Waals surface area (Å²) in [5.41, 5.74) is 0. The van der Waals surface area contributed by atoms with E-state index in [0.717, 1.165) is 43.3 Å². The van der Waals surface area contributed by atoms with Gasteiger partial charge in [0.2, 0.25) is 5.91 Å². The third-order valence-corrected chi connectivity index (χ3v) is 5.85. The molecule has 1 saturated carbocycles. The largest absolute Gasteiger partial charge is 0.353 e. The van der Waals surface area contributed by atoms with Gasteiger partial charge in [-0.15, -0.1) is 22.6 Å². The van der Waals surface area contributed by atoms with Crippen LogP contribution in [0.5, 0.6) is 0 Å². The van der Waals surface area contributed by atoms with Crippen molar-refractivity contribution in [2.24, 2.45) is 7.05 Å². The molecule has 1 aliphatic heterocycles. The highest BCUT2D eigenvalue weighted by Gasteiger charge is 2.22. The van der Waals surface area contributed by atoms with Crippen LogP contribution in [0.25, 0.3) is 0 Å². The SMILES string of the molecule is Cl.Cn1c(SCC(=O)NC2CCCCC2)nnc1C1CCCNC1. The van der Waals surface area contributed by atoms with Gasteiger partial charge in [0.05, 0.1) is 5.75 Å². The number of piperidine rings is 1. The predicted molar refractivity (Wildman–Crippen MR) is 98.8 cm³/mol. The van der Waals surface area contributed by atoms with Gasteiger partial charge in [-0.1, -0.05) is 31.0 Å². The summed E-state index contributed by atoms with van der Waals surface area (Å²) in [7, 11) is 2.01. The molecule has 8 heteroatoms. The van der Waals surface area contributed by atoms with Crippen LogP contribution in [0.15, 0.2) is 5.16 Å². The van der Waals surface area contributed by atoms with E-state index in [4.69, 9.17) is 0 Å². The fraction of sp³-hybridized carbons (Fsp3) is 0.812. The highest BCUT2D eigenvalue weighted by molar-refractivity contribution is 7.99. The molecular formula is C16H28ClN5OS. The Bertz CT molecular complexity index is 527. The second-order valence-corrected chi connectivity index (χ2v) is 7.58. The zero-order chi connectivity index (χ0) is 16.1. The first-order valence-corrected chi connectivity index (χ1v) is 9.75. The summed E-state index contributed by atoms with van der Waals surface area (Å²) in [4.78, 5) is 12.1. The number of halogens is 1. The number of aromatic nitrogens is 3. The molecule has 136 valence electrons. The van der Waals surface area contributed by atoms with Gasteiger partial charge in [0.15, 0.2) is 5.16 Å². The third-order valence-electron chi connectivity index (χ3n) is 4.83. The summed E-state index contributed by atoms with van der Waals surface area (Å²) >= 11 is 1.49. The van der Waals surface area contributed by atoms with E-state index < -0.39 is 0 Å². The number of nitrogens with one attached hydrogen (secondary N) is 2. The molecule has 24 heavy (non-hydrogen) atoms. The van der Waals surface area contributed by atoms with Crippen molar-refractivity contribution in [3.63, 3.8) is 0 Å². The van der Waals surface area contributed by atoms with Crippen LogP contribution in [0.4, 0.5) is 0 Å². The number of nitrogens with zero attached hydrogens (tertiary/aromatic N) is 3.